The molecule has 0 aromatic heterocycles. The van der Waals surface area contributed by atoms with Crippen molar-refractivity contribution in [2.24, 2.45) is 0 Å². The Morgan fingerprint density at radius 1 is 1.38 bits per heavy atom. The van der Waals surface area contributed by atoms with Crippen LogP contribution in [0.2, 0.25) is 0 Å². The number of aryl methyl sites for hydroxylation is 1. The molecule has 1 aromatic rings. The van der Waals surface area contributed by atoms with Gasteiger partial charge in [-0.1, -0.05) is 0 Å². The quantitative estimate of drug-likeness (QED) is 0.729. The summed E-state index contributed by atoms with van der Waals surface area (Å²) < 4.78 is 0. The molecule has 1 aliphatic heterocycles. The third kappa shape index (κ3) is 2.02. The molecule has 0 unspecified atom stereocenters. The Morgan fingerprint density at radius 3 is 2.94 bits per heavy atom. The maximum absolute atomic E-state index is 11.8. The van der Waals surface area contributed by atoms with Gasteiger partial charge in [-0.3, -0.25) is 4.79 Å². The number of fused-ring (bicyclic) bond motifs is 1. The Morgan fingerprint density at radius 2 is 2.19 bits per heavy atom. The lowest BCUT2D eigenvalue weighted by Gasteiger charge is -2.22. The molecule has 0 saturated carbocycles. The molecule has 0 aliphatic carbocycles. The fourth-order valence-corrected chi connectivity index (χ4v) is 2.11. The van der Waals surface area contributed by atoms with Gasteiger partial charge in [0.25, 0.3) is 0 Å². The minimum Gasteiger partial charge on any atom is -0.399 e. The van der Waals surface area contributed by atoms with Gasteiger partial charge in [0.1, 0.15) is 0 Å². The van der Waals surface area contributed by atoms with E-state index in [-0.39, 0.29) is 12.5 Å². The molecule has 0 saturated heterocycles. The normalized spacial score (nSPS) is 15.8. The fraction of sp³-hybridized carbons (Fsp3) is 0.417. The van der Waals surface area contributed by atoms with Gasteiger partial charge < -0.3 is 15.7 Å². The Kier molecular flexibility index (Phi) is 3.10. The number of rotatable bonds is 2. The Hall–Kier alpha value is -1.55. The number of nitrogen functional groups attached to an aromatic ring is 1. The molecule has 86 valence electrons. The maximum Gasteiger partial charge on any atom is 0.227 e. The Labute approximate surface area is 94.7 Å². The molecule has 1 aromatic carbocycles. The first kappa shape index (κ1) is 11.0. The van der Waals surface area contributed by atoms with Crippen molar-refractivity contribution in [1.82, 2.24) is 0 Å². The predicted molar refractivity (Wildman–Crippen MR) is 63.2 cm³/mol. The van der Waals surface area contributed by atoms with Crippen LogP contribution in [0.4, 0.5) is 11.4 Å². The standard InChI is InChI=1S/C12H16N2O2/c13-10-4-5-11-9(8-10)2-1-3-12(16)14(11)6-7-15/h4-5,8,15H,1-3,6-7,13H2. The van der Waals surface area contributed by atoms with E-state index in [4.69, 9.17) is 10.8 Å². The van der Waals surface area contributed by atoms with Crippen LogP contribution in [0.3, 0.4) is 0 Å². The van der Waals surface area contributed by atoms with Crippen LogP contribution in [0.15, 0.2) is 18.2 Å². The number of nitrogens with two attached hydrogens (primary N) is 1. The van der Waals surface area contributed by atoms with Gasteiger partial charge in [-0.05, 0) is 36.6 Å². The number of carbonyl (C=O) groups is 1. The van der Waals surface area contributed by atoms with E-state index in [0.29, 0.717) is 13.0 Å². The van der Waals surface area contributed by atoms with Gasteiger partial charge in [0.2, 0.25) is 5.91 Å². The van der Waals surface area contributed by atoms with Crippen molar-refractivity contribution in [1.29, 1.82) is 0 Å². The van der Waals surface area contributed by atoms with Crippen molar-refractivity contribution in [3.8, 4) is 0 Å². The molecule has 0 fully saturated rings. The Bertz CT molecular complexity index is 404. The van der Waals surface area contributed by atoms with E-state index in [1.807, 2.05) is 12.1 Å². The predicted octanol–water partition coefficient (Wildman–Crippen LogP) is 0.930. The second-order valence-electron chi connectivity index (χ2n) is 4.01. The Balaban J connectivity index is 2.41. The smallest absolute Gasteiger partial charge is 0.227 e. The first-order valence-electron chi connectivity index (χ1n) is 5.52. The van der Waals surface area contributed by atoms with Crippen LogP contribution in [-0.4, -0.2) is 24.2 Å². The van der Waals surface area contributed by atoms with E-state index in [2.05, 4.69) is 0 Å². The number of aliphatic hydroxyl groups excluding tert-OH is 1. The lowest BCUT2D eigenvalue weighted by atomic mass is 10.1. The number of aliphatic hydroxyl groups is 1. The van der Waals surface area contributed by atoms with E-state index < -0.39 is 0 Å². The molecule has 3 N–H and O–H groups in total. The topological polar surface area (TPSA) is 66.6 Å². The number of β-amino-alcohol motifs (C(OH)–C–C–N with tert-alkyl or cyclic N) is 1. The molecule has 4 nitrogen and oxygen atoms in total. The SMILES string of the molecule is Nc1ccc2c(c1)CCCC(=O)N2CCO. The number of carbonyl (C=O) groups excluding carboxylic acids is 1. The van der Waals surface area contributed by atoms with E-state index in [0.717, 1.165) is 29.8 Å². The molecule has 0 spiro atoms. The van der Waals surface area contributed by atoms with Crippen molar-refractivity contribution in [3.05, 3.63) is 23.8 Å². The lowest BCUT2D eigenvalue weighted by molar-refractivity contribution is -0.118. The highest BCUT2D eigenvalue weighted by Crippen LogP contribution is 2.28. The molecular weight excluding hydrogens is 204 g/mol. The van der Waals surface area contributed by atoms with Crippen molar-refractivity contribution >= 4 is 17.3 Å². The highest BCUT2D eigenvalue weighted by Gasteiger charge is 2.21. The zero-order valence-corrected chi connectivity index (χ0v) is 9.15. The number of benzene rings is 1. The summed E-state index contributed by atoms with van der Waals surface area (Å²) >= 11 is 0. The number of hydrogen-bond donors (Lipinski definition) is 2. The number of amides is 1. The van der Waals surface area contributed by atoms with Crippen LogP contribution >= 0.6 is 0 Å². The molecule has 16 heavy (non-hydrogen) atoms. The van der Waals surface area contributed by atoms with Crippen LogP contribution in [-0.2, 0) is 11.2 Å². The second-order valence-corrected chi connectivity index (χ2v) is 4.01. The highest BCUT2D eigenvalue weighted by molar-refractivity contribution is 5.95. The van der Waals surface area contributed by atoms with Gasteiger partial charge in [-0.15, -0.1) is 0 Å². The first-order valence-corrected chi connectivity index (χ1v) is 5.52. The number of hydrogen-bond acceptors (Lipinski definition) is 3. The van der Waals surface area contributed by atoms with Crippen LogP contribution in [0.1, 0.15) is 18.4 Å². The van der Waals surface area contributed by atoms with Crippen LogP contribution in [0.5, 0.6) is 0 Å². The summed E-state index contributed by atoms with van der Waals surface area (Å²) in [6.45, 7) is 0.339. The van der Waals surface area contributed by atoms with Gasteiger partial charge in [0, 0.05) is 24.3 Å². The summed E-state index contributed by atoms with van der Waals surface area (Å²) in [6.07, 6.45) is 2.25. The number of nitrogens with zero attached hydrogens (tertiary/aromatic N) is 1. The van der Waals surface area contributed by atoms with Crippen molar-refractivity contribution in [2.75, 3.05) is 23.8 Å². The third-order valence-electron chi connectivity index (χ3n) is 2.86. The number of anilines is 2. The average Bonchev–Trinajstić information content (AvgIpc) is 2.40. The average molecular weight is 220 g/mol. The summed E-state index contributed by atoms with van der Waals surface area (Å²) in [5.74, 6) is 0.0811. The largest absolute Gasteiger partial charge is 0.399 e. The fourth-order valence-electron chi connectivity index (χ4n) is 2.11. The van der Waals surface area contributed by atoms with E-state index in [1.165, 1.54) is 0 Å². The summed E-state index contributed by atoms with van der Waals surface area (Å²) in [7, 11) is 0. The van der Waals surface area contributed by atoms with Crippen molar-refractivity contribution in [2.45, 2.75) is 19.3 Å². The molecule has 1 amide bonds. The third-order valence-corrected chi connectivity index (χ3v) is 2.86. The van der Waals surface area contributed by atoms with Crippen molar-refractivity contribution < 1.29 is 9.90 Å². The van der Waals surface area contributed by atoms with Gasteiger partial charge in [-0.2, -0.15) is 0 Å². The second kappa shape index (κ2) is 4.53. The summed E-state index contributed by atoms with van der Waals surface area (Å²) in [5.41, 5.74) is 8.44. The van der Waals surface area contributed by atoms with Gasteiger partial charge in [0.05, 0.1) is 6.61 Å². The van der Waals surface area contributed by atoms with Crippen molar-refractivity contribution in [3.63, 3.8) is 0 Å². The van der Waals surface area contributed by atoms with Crippen LogP contribution < -0.4 is 10.6 Å². The van der Waals surface area contributed by atoms with E-state index in [1.54, 1.807) is 11.0 Å². The van der Waals surface area contributed by atoms with Crippen LogP contribution in [0, 0.1) is 0 Å². The molecular formula is C12H16N2O2. The minimum atomic E-state index is -0.0183. The van der Waals surface area contributed by atoms with Gasteiger partial charge in [-0.25, -0.2) is 0 Å². The zero-order valence-electron chi connectivity index (χ0n) is 9.15. The molecule has 1 aliphatic rings. The monoisotopic (exact) mass is 220 g/mol. The van der Waals surface area contributed by atoms with Crippen LogP contribution in [0.25, 0.3) is 0 Å². The van der Waals surface area contributed by atoms with E-state index >= 15 is 0 Å². The zero-order chi connectivity index (χ0) is 11.5. The van der Waals surface area contributed by atoms with E-state index in [9.17, 15) is 4.79 Å². The summed E-state index contributed by atoms with van der Waals surface area (Å²) in [4.78, 5) is 13.5. The van der Waals surface area contributed by atoms with Gasteiger partial charge in [0.15, 0.2) is 0 Å². The lowest BCUT2D eigenvalue weighted by Crippen LogP contribution is -2.32. The summed E-state index contributed by atoms with van der Waals surface area (Å²) in [5, 5.41) is 8.99. The molecule has 4 heteroatoms. The highest BCUT2D eigenvalue weighted by atomic mass is 16.3. The molecule has 0 bridgehead atoms. The molecule has 0 radical (unpaired) electrons. The minimum absolute atomic E-state index is 0.0183. The molecule has 1 heterocycles. The van der Waals surface area contributed by atoms with Gasteiger partial charge >= 0.3 is 0 Å². The molecule has 2 rings (SSSR count). The first-order chi connectivity index (χ1) is 7.72. The summed E-state index contributed by atoms with van der Waals surface area (Å²) in [6, 6.07) is 5.57. The maximum atomic E-state index is 11.8. The molecule has 0 atom stereocenters.